The topological polar surface area (TPSA) is 87.3 Å². The van der Waals surface area contributed by atoms with Crippen LogP contribution in [0.4, 0.5) is 0 Å². The average molecular weight is 290 g/mol. The van der Waals surface area contributed by atoms with E-state index in [1.807, 2.05) is 5.43 Å². The van der Waals surface area contributed by atoms with Crippen molar-refractivity contribution in [3.63, 3.8) is 0 Å². The van der Waals surface area contributed by atoms with Gasteiger partial charge in [0, 0.05) is 6.04 Å². The summed E-state index contributed by atoms with van der Waals surface area (Å²) < 4.78 is 0.462. The first-order chi connectivity index (χ1) is 8.40. The maximum Gasteiger partial charge on any atom is 0.327 e. The third kappa shape index (κ3) is 4.34. The lowest BCUT2D eigenvalue weighted by Gasteiger charge is -2.08. The maximum absolute atomic E-state index is 11.5. The Kier molecular flexibility index (Phi) is 5.11. The fraction of sp³-hybridized carbons (Fsp3) is 0.300. The summed E-state index contributed by atoms with van der Waals surface area (Å²) in [6.45, 7) is 3.44. The minimum Gasteiger partial charge on any atom is -0.346 e. The van der Waals surface area contributed by atoms with Gasteiger partial charge in [0.15, 0.2) is 0 Å². The standard InChI is InChI=1S/C10H12ClN3O3S/c1-5(2)12-9(16)10(17)14-13-8(15)6-3-4-7(11)18-6/h3-5H,1-2H3,(H,12,16)(H,13,15)(H,14,17). The van der Waals surface area contributed by atoms with Crippen molar-refractivity contribution in [1.29, 1.82) is 0 Å². The molecule has 1 aromatic heterocycles. The average Bonchev–Trinajstić information content (AvgIpc) is 2.71. The van der Waals surface area contributed by atoms with E-state index < -0.39 is 17.7 Å². The van der Waals surface area contributed by atoms with Gasteiger partial charge in [-0.15, -0.1) is 11.3 Å². The van der Waals surface area contributed by atoms with Crippen molar-refractivity contribution in [2.75, 3.05) is 0 Å². The monoisotopic (exact) mass is 289 g/mol. The zero-order valence-corrected chi connectivity index (χ0v) is 11.3. The third-order valence-electron chi connectivity index (χ3n) is 1.71. The first-order valence-corrected chi connectivity index (χ1v) is 6.26. The number of rotatable bonds is 2. The van der Waals surface area contributed by atoms with Crippen LogP contribution in [0.3, 0.4) is 0 Å². The molecule has 0 spiro atoms. The Labute approximate surface area is 113 Å². The molecule has 0 aliphatic carbocycles. The number of carbonyl (C=O) groups excluding carboxylic acids is 3. The molecule has 3 amide bonds. The lowest BCUT2D eigenvalue weighted by atomic mass is 10.4. The largest absolute Gasteiger partial charge is 0.346 e. The van der Waals surface area contributed by atoms with Crippen LogP contribution in [0.2, 0.25) is 4.34 Å². The molecule has 6 nitrogen and oxygen atoms in total. The maximum atomic E-state index is 11.5. The number of nitrogens with one attached hydrogen (secondary N) is 3. The van der Waals surface area contributed by atoms with Crippen LogP contribution in [0, 0.1) is 0 Å². The lowest BCUT2D eigenvalue weighted by molar-refractivity contribution is -0.139. The molecule has 0 atom stereocenters. The third-order valence-corrected chi connectivity index (χ3v) is 2.94. The van der Waals surface area contributed by atoms with Crippen LogP contribution in [0.15, 0.2) is 12.1 Å². The number of hydrogen-bond acceptors (Lipinski definition) is 4. The minimum absolute atomic E-state index is 0.157. The second-order valence-electron chi connectivity index (χ2n) is 3.64. The lowest BCUT2D eigenvalue weighted by Crippen LogP contribution is -2.49. The molecular weight excluding hydrogens is 278 g/mol. The van der Waals surface area contributed by atoms with Gasteiger partial charge in [0.2, 0.25) is 0 Å². The van der Waals surface area contributed by atoms with Crippen molar-refractivity contribution in [3.05, 3.63) is 21.3 Å². The first-order valence-electron chi connectivity index (χ1n) is 5.06. The second kappa shape index (κ2) is 6.36. The Morgan fingerprint density at radius 1 is 1.17 bits per heavy atom. The molecule has 18 heavy (non-hydrogen) atoms. The van der Waals surface area contributed by atoms with Crippen LogP contribution in [0.1, 0.15) is 23.5 Å². The molecule has 0 fully saturated rings. The summed E-state index contributed by atoms with van der Waals surface area (Å²) in [6, 6.07) is 2.92. The summed E-state index contributed by atoms with van der Waals surface area (Å²) in [5.74, 6) is -2.27. The van der Waals surface area contributed by atoms with E-state index in [9.17, 15) is 14.4 Å². The van der Waals surface area contributed by atoms with Gasteiger partial charge in [0.05, 0.1) is 9.21 Å². The molecule has 1 aromatic rings. The van der Waals surface area contributed by atoms with E-state index in [-0.39, 0.29) is 6.04 Å². The Hall–Kier alpha value is -1.60. The fourth-order valence-corrected chi connectivity index (χ4v) is 1.93. The van der Waals surface area contributed by atoms with Crippen molar-refractivity contribution in [3.8, 4) is 0 Å². The van der Waals surface area contributed by atoms with Crippen LogP contribution < -0.4 is 16.2 Å². The molecule has 1 heterocycles. The van der Waals surface area contributed by atoms with Crippen molar-refractivity contribution < 1.29 is 14.4 Å². The number of halogens is 1. The molecule has 0 saturated heterocycles. The van der Waals surface area contributed by atoms with E-state index in [1.165, 1.54) is 6.07 Å². The van der Waals surface area contributed by atoms with Crippen LogP contribution >= 0.6 is 22.9 Å². The molecule has 0 aliphatic rings. The quantitative estimate of drug-likeness (QED) is 0.553. The number of thiophene rings is 1. The summed E-state index contributed by atoms with van der Waals surface area (Å²) in [4.78, 5) is 34.3. The fourth-order valence-electron chi connectivity index (χ4n) is 0.996. The highest BCUT2D eigenvalue weighted by Gasteiger charge is 2.16. The van der Waals surface area contributed by atoms with Crippen molar-refractivity contribution >= 4 is 40.7 Å². The van der Waals surface area contributed by atoms with Gasteiger partial charge in [-0.25, -0.2) is 0 Å². The Bertz CT molecular complexity index is 473. The van der Waals surface area contributed by atoms with E-state index in [1.54, 1.807) is 19.9 Å². The normalized spacial score (nSPS) is 10.0. The highest BCUT2D eigenvalue weighted by Crippen LogP contribution is 2.20. The summed E-state index contributed by atoms with van der Waals surface area (Å²) in [5, 5.41) is 2.39. The zero-order valence-electron chi connectivity index (χ0n) is 9.74. The highest BCUT2D eigenvalue weighted by molar-refractivity contribution is 7.17. The molecule has 0 aromatic carbocycles. The van der Waals surface area contributed by atoms with Crippen LogP contribution in [-0.2, 0) is 9.59 Å². The molecule has 0 aliphatic heterocycles. The second-order valence-corrected chi connectivity index (χ2v) is 5.36. The van der Waals surface area contributed by atoms with Gasteiger partial charge >= 0.3 is 11.8 Å². The Balaban J connectivity index is 2.43. The van der Waals surface area contributed by atoms with E-state index in [0.29, 0.717) is 9.21 Å². The number of amides is 3. The van der Waals surface area contributed by atoms with Gasteiger partial charge in [0.25, 0.3) is 5.91 Å². The summed E-state index contributed by atoms with van der Waals surface area (Å²) in [5.41, 5.74) is 4.13. The highest BCUT2D eigenvalue weighted by atomic mass is 35.5. The van der Waals surface area contributed by atoms with E-state index in [2.05, 4.69) is 10.7 Å². The summed E-state index contributed by atoms with van der Waals surface area (Å²) >= 11 is 6.73. The molecule has 0 radical (unpaired) electrons. The van der Waals surface area contributed by atoms with Gasteiger partial charge in [-0.1, -0.05) is 11.6 Å². The molecule has 8 heteroatoms. The number of carbonyl (C=O) groups is 3. The van der Waals surface area contributed by atoms with Crippen LogP contribution in [0.5, 0.6) is 0 Å². The van der Waals surface area contributed by atoms with Gasteiger partial charge in [-0.2, -0.15) is 0 Å². The van der Waals surface area contributed by atoms with Crippen molar-refractivity contribution in [1.82, 2.24) is 16.2 Å². The van der Waals surface area contributed by atoms with E-state index >= 15 is 0 Å². The molecule has 0 saturated carbocycles. The molecule has 0 unspecified atom stereocenters. The SMILES string of the molecule is CC(C)NC(=O)C(=O)NNC(=O)c1ccc(Cl)s1. The Morgan fingerprint density at radius 3 is 2.33 bits per heavy atom. The summed E-state index contributed by atoms with van der Waals surface area (Å²) in [6.07, 6.45) is 0. The zero-order chi connectivity index (χ0) is 13.7. The minimum atomic E-state index is -0.931. The predicted molar refractivity (Wildman–Crippen MR) is 68.2 cm³/mol. The van der Waals surface area contributed by atoms with Gasteiger partial charge in [0.1, 0.15) is 0 Å². The van der Waals surface area contributed by atoms with Gasteiger partial charge in [-0.05, 0) is 26.0 Å². The number of hydrogen-bond donors (Lipinski definition) is 3. The van der Waals surface area contributed by atoms with Gasteiger partial charge < -0.3 is 5.32 Å². The number of hydrazine groups is 1. The van der Waals surface area contributed by atoms with Gasteiger partial charge in [-0.3, -0.25) is 25.2 Å². The summed E-state index contributed by atoms with van der Waals surface area (Å²) in [7, 11) is 0. The molecule has 0 bridgehead atoms. The smallest absolute Gasteiger partial charge is 0.327 e. The first kappa shape index (κ1) is 14.5. The molecule has 1 rings (SSSR count). The molecule has 3 N–H and O–H groups in total. The van der Waals surface area contributed by atoms with Crippen molar-refractivity contribution in [2.24, 2.45) is 0 Å². The van der Waals surface area contributed by atoms with E-state index in [4.69, 9.17) is 11.6 Å². The van der Waals surface area contributed by atoms with Crippen LogP contribution in [0.25, 0.3) is 0 Å². The molecular formula is C10H12ClN3O3S. The van der Waals surface area contributed by atoms with Crippen molar-refractivity contribution in [2.45, 2.75) is 19.9 Å². The van der Waals surface area contributed by atoms with E-state index in [0.717, 1.165) is 11.3 Å². The Morgan fingerprint density at radius 2 is 1.83 bits per heavy atom. The predicted octanol–water partition coefficient (Wildman–Crippen LogP) is 0.687. The van der Waals surface area contributed by atoms with Crippen LogP contribution in [-0.4, -0.2) is 23.8 Å². The molecule has 98 valence electrons.